The van der Waals surface area contributed by atoms with Crippen molar-refractivity contribution in [1.29, 1.82) is 0 Å². The summed E-state index contributed by atoms with van der Waals surface area (Å²) in [4.78, 5) is 12.5. The predicted molar refractivity (Wildman–Crippen MR) is 109 cm³/mol. The van der Waals surface area contributed by atoms with Crippen molar-refractivity contribution in [2.45, 2.75) is 24.7 Å². The number of sulfonamides is 1. The zero-order chi connectivity index (χ0) is 21.0. The van der Waals surface area contributed by atoms with E-state index in [9.17, 15) is 17.6 Å². The van der Waals surface area contributed by atoms with Gasteiger partial charge in [-0.1, -0.05) is 17.7 Å². The first-order chi connectivity index (χ1) is 13.8. The summed E-state index contributed by atoms with van der Waals surface area (Å²) in [6.07, 6.45) is 0.732. The van der Waals surface area contributed by atoms with Gasteiger partial charge in [0.15, 0.2) is 0 Å². The molecule has 1 aliphatic heterocycles. The van der Waals surface area contributed by atoms with Crippen LogP contribution in [0.3, 0.4) is 0 Å². The number of hydrogen-bond donors (Lipinski definition) is 1. The maximum atomic E-state index is 13.3. The van der Waals surface area contributed by atoms with Crippen molar-refractivity contribution in [3.05, 3.63) is 53.3 Å². The monoisotopic (exact) mass is 440 g/mol. The normalized spacial score (nSPS) is 15.8. The van der Waals surface area contributed by atoms with Gasteiger partial charge in [0.05, 0.1) is 6.61 Å². The summed E-state index contributed by atoms with van der Waals surface area (Å²) in [7, 11) is -3.81. The van der Waals surface area contributed by atoms with Gasteiger partial charge in [0, 0.05) is 29.7 Å². The molecule has 1 heterocycles. The Morgan fingerprint density at radius 2 is 1.97 bits per heavy atom. The number of carbonyl (C=O) groups is 1. The molecule has 0 aliphatic carbocycles. The van der Waals surface area contributed by atoms with Crippen LogP contribution in [0, 0.1) is 11.7 Å². The van der Waals surface area contributed by atoms with Gasteiger partial charge in [-0.3, -0.25) is 4.79 Å². The molecule has 1 fully saturated rings. The molecule has 1 aliphatic rings. The van der Waals surface area contributed by atoms with Crippen molar-refractivity contribution >= 4 is 33.2 Å². The van der Waals surface area contributed by atoms with Gasteiger partial charge in [-0.25, -0.2) is 12.8 Å². The number of hydrogen-bond acceptors (Lipinski definition) is 4. The highest BCUT2D eigenvalue weighted by Gasteiger charge is 2.34. The fraction of sp³-hybridized carbons (Fsp3) is 0.350. The van der Waals surface area contributed by atoms with E-state index in [-0.39, 0.29) is 35.6 Å². The van der Waals surface area contributed by atoms with E-state index in [1.54, 1.807) is 19.1 Å². The summed E-state index contributed by atoms with van der Waals surface area (Å²) in [5.74, 6) is -0.779. The summed E-state index contributed by atoms with van der Waals surface area (Å²) >= 11 is 6.00. The van der Waals surface area contributed by atoms with Gasteiger partial charge in [-0.2, -0.15) is 4.31 Å². The Balaban J connectivity index is 1.68. The molecular weight excluding hydrogens is 419 g/mol. The molecule has 156 valence electrons. The van der Waals surface area contributed by atoms with Crippen LogP contribution in [-0.4, -0.2) is 38.3 Å². The minimum absolute atomic E-state index is 0.0227. The fourth-order valence-corrected chi connectivity index (χ4v) is 5.13. The number of nitrogens with zero attached hydrogens (tertiary/aromatic N) is 1. The first-order valence-corrected chi connectivity index (χ1v) is 11.1. The van der Waals surface area contributed by atoms with Gasteiger partial charge in [-0.15, -0.1) is 0 Å². The maximum Gasteiger partial charge on any atom is 0.246 e. The number of carbonyl (C=O) groups excluding carboxylic acids is 1. The molecule has 3 rings (SSSR count). The summed E-state index contributed by atoms with van der Waals surface area (Å²) < 4.78 is 46.2. The molecule has 1 saturated heterocycles. The van der Waals surface area contributed by atoms with Crippen molar-refractivity contribution < 1.29 is 22.3 Å². The van der Waals surface area contributed by atoms with Crippen LogP contribution in [0.5, 0.6) is 5.75 Å². The molecule has 0 atom stereocenters. The van der Waals surface area contributed by atoms with Crippen LogP contribution in [-0.2, 0) is 14.8 Å². The average Bonchev–Trinajstić information content (AvgIpc) is 2.69. The van der Waals surface area contributed by atoms with Crippen LogP contribution < -0.4 is 10.1 Å². The van der Waals surface area contributed by atoms with Crippen molar-refractivity contribution in [2.24, 2.45) is 5.92 Å². The van der Waals surface area contributed by atoms with E-state index in [0.717, 1.165) is 0 Å². The van der Waals surface area contributed by atoms with Crippen molar-refractivity contribution in [3.63, 3.8) is 0 Å². The lowest BCUT2D eigenvalue weighted by molar-refractivity contribution is -0.120. The van der Waals surface area contributed by atoms with Crippen LogP contribution in [0.4, 0.5) is 10.1 Å². The van der Waals surface area contributed by atoms with Crippen LogP contribution in [0.15, 0.2) is 47.4 Å². The molecule has 2 aromatic carbocycles. The molecule has 1 amide bonds. The van der Waals surface area contributed by atoms with Gasteiger partial charge in [0.1, 0.15) is 16.5 Å². The van der Waals surface area contributed by atoms with Crippen LogP contribution in [0.2, 0.25) is 5.02 Å². The van der Waals surface area contributed by atoms with Gasteiger partial charge in [0.25, 0.3) is 0 Å². The van der Waals surface area contributed by atoms with Crippen molar-refractivity contribution in [1.82, 2.24) is 4.31 Å². The third-order valence-corrected chi connectivity index (χ3v) is 6.90. The zero-order valence-electron chi connectivity index (χ0n) is 15.9. The Hall–Kier alpha value is -2.16. The van der Waals surface area contributed by atoms with Gasteiger partial charge in [-0.05, 0) is 56.2 Å². The zero-order valence-corrected chi connectivity index (χ0v) is 17.5. The Kier molecular flexibility index (Phi) is 6.77. The van der Waals surface area contributed by atoms with E-state index >= 15 is 0 Å². The van der Waals surface area contributed by atoms with Crippen LogP contribution in [0.1, 0.15) is 19.8 Å². The lowest BCUT2D eigenvalue weighted by Crippen LogP contribution is -2.41. The number of halogens is 2. The molecule has 0 saturated carbocycles. The number of anilines is 1. The number of benzene rings is 2. The smallest absolute Gasteiger partial charge is 0.246 e. The molecule has 1 N–H and O–H groups in total. The molecule has 0 unspecified atom stereocenters. The Bertz CT molecular complexity index is 992. The SMILES string of the molecule is CCOc1ccc(Cl)cc1S(=O)(=O)N1CCC(C(=O)Nc2cccc(F)c2)CC1. The van der Waals surface area contributed by atoms with E-state index in [0.29, 0.717) is 30.2 Å². The molecule has 2 aromatic rings. The standard InChI is InChI=1S/C20H22ClFN2O4S/c1-2-28-18-7-6-15(21)12-19(18)29(26,27)24-10-8-14(9-11-24)20(25)23-17-5-3-4-16(22)13-17/h3-7,12-14H,2,8-11H2,1H3,(H,23,25). The molecule has 0 aromatic heterocycles. The number of amides is 1. The summed E-state index contributed by atoms with van der Waals surface area (Å²) in [6, 6.07) is 10.2. The number of rotatable bonds is 6. The maximum absolute atomic E-state index is 13.3. The van der Waals surface area contributed by atoms with E-state index in [1.807, 2.05) is 0 Å². The van der Waals surface area contributed by atoms with Crippen molar-refractivity contribution in [2.75, 3.05) is 25.0 Å². The van der Waals surface area contributed by atoms with Crippen LogP contribution in [0.25, 0.3) is 0 Å². The van der Waals surface area contributed by atoms with Gasteiger partial charge in [0.2, 0.25) is 15.9 Å². The highest BCUT2D eigenvalue weighted by Crippen LogP contribution is 2.32. The largest absolute Gasteiger partial charge is 0.492 e. The minimum Gasteiger partial charge on any atom is -0.492 e. The fourth-order valence-electron chi connectivity index (χ4n) is 3.27. The van der Waals surface area contributed by atoms with Crippen LogP contribution >= 0.6 is 11.6 Å². The van der Waals surface area contributed by atoms with Crippen molar-refractivity contribution in [3.8, 4) is 5.75 Å². The van der Waals surface area contributed by atoms with E-state index in [1.165, 1.54) is 34.6 Å². The van der Waals surface area contributed by atoms with Gasteiger partial charge >= 0.3 is 0 Å². The topological polar surface area (TPSA) is 75.7 Å². The first-order valence-electron chi connectivity index (χ1n) is 9.30. The number of nitrogens with one attached hydrogen (secondary N) is 1. The third kappa shape index (κ3) is 5.07. The van der Waals surface area contributed by atoms with E-state index in [4.69, 9.17) is 16.3 Å². The highest BCUT2D eigenvalue weighted by atomic mass is 35.5. The van der Waals surface area contributed by atoms with E-state index < -0.39 is 15.8 Å². The second-order valence-electron chi connectivity index (χ2n) is 6.70. The lowest BCUT2D eigenvalue weighted by atomic mass is 9.97. The highest BCUT2D eigenvalue weighted by molar-refractivity contribution is 7.89. The Labute approximate surface area is 174 Å². The number of ether oxygens (including phenoxy) is 1. The predicted octanol–water partition coefficient (Wildman–Crippen LogP) is 3.92. The lowest BCUT2D eigenvalue weighted by Gasteiger charge is -2.31. The third-order valence-electron chi connectivity index (χ3n) is 4.74. The molecule has 29 heavy (non-hydrogen) atoms. The molecule has 6 nitrogen and oxygen atoms in total. The summed E-state index contributed by atoms with van der Waals surface area (Å²) in [5, 5.41) is 2.99. The Morgan fingerprint density at radius 3 is 2.62 bits per heavy atom. The molecular formula is C20H22ClFN2O4S. The molecule has 9 heteroatoms. The molecule has 0 bridgehead atoms. The average molecular weight is 441 g/mol. The number of piperidine rings is 1. The molecule has 0 radical (unpaired) electrons. The second-order valence-corrected chi connectivity index (χ2v) is 9.04. The minimum atomic E-state index is -3.81. The second kappa shape index (κ2) is 9.11. The quantitative estimate of drug-likeness (QED) is 0.738. The summed E-state index contributed by atoms with van der Waals surface area (Å²) in [6.45, 7) is 2.49. The Morgan fingerprint density at radius 1 is 1.24 bits per heavy atom. The van der Waals surface area contributed by atoms with Gasteiger partial charge < -0.3 is 10.1 Å². The summed E-state index contributed by atoms with van der Waals surface area (Å²) in [5.41, 5.74) is 0.380. The van der Waals surface area contributed by atoms with E-state index in [2.05, 4.69) is 5.32 Å². The molecule has 0 spiro atoms. The first kappa shape index (κ1) is 21.5.